The van der Waals surface area contributed by atoms with Crippen molar-refractivity contribution in [1.29, 1.82) is 0 Å². The van der Waals surface area contributed by atoms with Crippen LogP contribution in [0.5, 0.6) is 5.75 Å². The van der Waals surface area contributed by atoms with Crippen LogP contribution < -0.4 is 4.74 Å². The molecule has 0 aliphatic carbocycles. The normalized spacial score (nSPS) is 10.8. The van der Waals surface area contributed by atoms with Crippen LogP contribution in [-0.4, -0.2) is 29.4 Å². The molecule has 32 heavy (non-hydrogen) atoms. The Morgan fingerprint density at radius 1 is 0.906 bits per heavy atom. The second-order valence-electron chi connectivity index (χ2n) is 7.85. The SMILES string of the molecule is CCCN(Cc1cc(-c2ccccc2)nc2ccccc12)C(=O)Cc1ccccc1OC. The minimum absolute atomic E-state index is 0.0958. The van der Waals surface area contributed by atoms with E-state index in [0.29, 0.717) is 19.5 Å². The van der Waals surface area contributed by atoms with Gasteiger partial charge in [0.25, 0.3) is 0 Å². The summed E-state index contributed by atoms with van der Waals surface area (Å²) in [6.45, 7) is 3.35. The summed E-state index contributed by atoms with van der Waals surface area (Å²) in [4.78, 5) is 20.1. The van der Waals surface area contributed by atoms with E-state index < -0.39 is 0 Å². The van der Waals surface area contributed by atoms with E-state index in [-0.39, 0.29) is 5.91 Å². The maximum Gasteiger partial charge on any atom is 0.227 e. The summed E-state index contributed by atoms with van der Waals surface area (Å²) >= 11 is 0. The number of amides is 1. The molecule has 3 aromatic carbocycles. The number of carbonyl (C=O) groups excluding carboxylic acids is 1. The number of aromatic nitrogens is 1. The number of hydrogen-bond donors (Lipinski definition) is 0. The number of rotatable bonds is 8. The molecular formula is C28H28N2O2. The molecule has 0 saturated carbocycles. The van der Waals surface area contributed by atoms with Gasteiger partial charge in [0.15, 0.2) is 0 Å². The monoisotopic (exact) mass is 424 g/mol. The predicted molar refractivity (Wildman–Crippen MR) is 130 cm³/mol. The third kappa shape index (κ3) is 4.80. The van der Waals surface area contributed by atoms with Gasteiger partial charge in [0.2, 0.25) is 5.91 Å². The number of para-hydroxylation sites is 2. The quantitative estimate of drug-likeness (QED) is 0.354. The maximum atomic E-state index is 13.3. The van der Waals surface area contributed by atoms with Crippen LogP contribution in [0.3, 0.4) is 0 Å². The number of fused-ring (bicyclic) bond motifs is 1. The molecule has 4 rings (SSSR count). The minimum Gasteiger partial charge on any atom is -0.496 e. The van der Waals surface area contributed by atoms with Gasteiger partial charge < -0.3 is 9.64 Å². The summed E-state index contributed by atoms with van der Waals surface area (Å²) in [5, 5.41) is 1.08. The van der Waals surface area contributed by atoms with E-state index in [1.165, 1.54) is 0 Å². The molecule has 0 fully saturated rings. The zero-order chi connectivity index (χ0) is 22.3. The van der Waals surface area contributed by atoms with Crippen molar-refractivity contribution in [3.05, 3.63) is 96.1 Å². The van der Waals surface area contributed by atoms with Gasteiger partial charge in [-0.2, -0.15) is 0 Å². The highest BCUT2D eigenvalue weighted by Gasteiger charge is 2.18. The number of benzene rings is 3. The summed E-state index contributed by atoms with van der Waals surface area (Å²) < 4.78 is 5.45. The Labute approximate surface area is 189 Å². The average Bonchev–Trinajstić information content (AvgIpc) is 2.84. The van der Waals surface area contributed by atoms with Crippen molar-refractivity contribution >= 4 is 16.8 Å². The zero-order valence-electron chi connectivity index (χ0n) is 18.6. The molecule has 0 N–H and O–H groups in total. The molecule has 162 valence electrons. The van der Waals surface area contributed by atoms with E-state index in [4.69, 9.17) is 9.72 Å². The van der Waals surface area contributed by atoms with E-state index >= 15 is 0 Å². The highest BCUT2D eigenvalue weighted by Crippen LogP contribution is 2.26. The third-order valence-electron chi connectivity index (χ3n) is 5.61. The molecule has 0 atom stereocenters. The summed E-state index contributed by atoms with van der Waals surface area (Å²) in [5.41, 5.74) is 4.95. The summed E-state index contributed by atoms with van der Waals surface area (Å²) in [5.74, 6) is 0.844. The van der Waals surface area contributed by atoms with Gasteiger partial charge in [-0.3, -0.25) is 4.79 Å². The highest BCUT2D eigenvalue weighted by atomic mass is 16.5. The van der Waals surface area contributed by atoms with Crippen LogP contribution >= 0.6 is 0 Å². The first-order chi connectivity index (χ1) is 15.7. The molecule has 0 radical (unpaired) electrons. The van der Waals surface area contributed by atoms with Crippen molar-refractivity contribution in [1.82, 2.24) is 9.88 Å². The molecule has 1 heterocycles. The number of methoxy groups -OCH3 is 1. The van der Waals surface area contributed by atoms with Crippen molar-refractivity contribution < 1.29 is 9.53 Å². The number of hydrogen-bond acceptors (Lipinski definition) is 3. The van der Waals surface area contributed by atoms with Crippen molar-refractivity contribution in [2.75, 3.05) is 13.7 Å². The van der Waals surface area contributed by atoms with Crippen LogP contribution in [0.25, 0.3) is 22.2 Å². The second-order valence-corrected chi connectivity index (χ2v) is 7.85. The first kappa shape index (κ1) is 21.6. The van der Waals surface area contributed by atoms with Crippen LogP contribution in [0.15, 0.2) is 84.9 Å². The highest BCUT2D eigenvalue weighted by molar-refractivity contribution is 5.86. The average molecular weight is 425 g/mol. The van der Waals surface area contributed by atoms with Gasteiger partial charge in [-0.25, -0.2) is 4.98 Å². The lowest BCUT2D eigenvalue weighted by Gasteiger charge is -2.24. The van der Waals surface area contributed by atoms with E-state index in [1.807, 2.05) is 65.6 Å². The van der Waals surface area contributed by atoms with Gasteiger partial charge in [-0.1, -0.05) is 73.7 Å². The molecule has 0 aliphatic rings. The van der Waals surface area contributed by atoms with Gasteiger partial charge >= 0.3 is 0 Å². The lowest BCUT2D eigenvalue weighted by atomic mass is 10.0. The van der Waals surface area contributed by atoms with Crippen LogP contribution in [0.4, 0.5) is 0 Å². The number of pyridine rings is 1. The molecular weight excluding hydrogens is 396 g/mol. The van der Waals surface area contributed by atoms with Crippen molar-refractivity contribution in [2.24, 2.45) is 0 Å². The van der Waals surface area contributed by atoms with Crippen molar-refractivity contribution in [3.8, 4) is 17.0 Å². The molecule has 0 aliphatic heterocycles. The molecule has 0 spiro atoms. The molecule has 1 aromatic heterocycles. The minimum atomic E-state index is 0.0958. The summed E-state index contributed by atoms with van der Waals surface area (Å²) in [6.07, 6.45) is 1.21. The second kappa shape index (κ2) is 10.1. The largest absolute Gasteiger partial charge is 0.496 e. The van der Waals surface area contributed by atoms with Gasteiger partial charge in [-0.05, 0) is 30.2 Å². The van der Waals surface area contributed by atoms with Crippen molar-refractivity contribution in [2.45, 2.75) is 26.3 Å². The van der Waals surface area contributed by atoms with E-state index in [0.717, 1.165) is 45.5 Å². The third-order valence-corrected chi connectivity index (χ3v) is 5.61. The van der Waals surface area contributed by atoms with E-state index in [2.05, 4.69) is 31.2 Å². The Bertz CT molecular complexity index is 1200. The van der Waals surface area contributed by atoms with Gasteiger partial charge in [-0.15, -0.1) is 0 Å². The fourth-order valence-corrected chi connectivity index (χ4v) is 4.03. The lowest BCUT2D eigenvalue weighted by Crippen LogP contribution is -2.32. The molecule has 4 nitrogen and oxygen atoms in total. The Kier molecular flexibility index (Phi) is 6.81. The zero-order valence-corrected chi connectivity index (χ0v) is 18.6. The first-order valence-corrected chi connectivity index (χ1v) is 11.0. The molecule has 4 aromatic rings. The fourth-order valence-electron chi connectivity index (χ4n) is 4.03. The number of carbonyl (C=O) groups is 1. The number of nitrogens with zero attached hydrogens (tertiary/aromatic N) is 2. The molecule has 0 unspecified atom stereocenters. The Balaban J connectivity index is 1.68. The lowest BCUT2D eigenvalue weighted by molar-refractivity contribution is -0.131. The van der Waals surface area contributed by atoms with Gasteiger partial charge in [0, 0.05) is 29.6 Å². The summed E-state index contributed by atoms with van der Waals surface area (Å²) in [7, 11) is 1.64. The Morgan fingerprint density at radius 2 is 1.62 bits per heavy atom. The van der Waals surface area contributed by atoms with E-state index in [9.17, 15) is 4.79 Å². The van der Waals surface area contributed by atoms with Crippen molar-refractivity contribution in [3.63, 3.8) is 0 Å². The number of ether oxygens (including phenoxy) is 1. The molecule has 0 bridgehead atoms. The van der Waals surface area contributed by atoms with Crippen LogP contribution in [0, 0.1) is 0 Å². The Hall–Kier alpha value is -3.66. The first-order valence-electron chi connectivity index (χ1n) is 11.0. The molecule has 1 amide bonds. The van der Waals surface area contributed by atoms with Crippen LogP contribution in [0.2, 0.25) is 0 Å². The Morgan fingerprint density at radius 3 is 2.41 bits per heavy atom. The van der Waals surface area contributed by atoms with Gasteiger partial charge in [0.1, 0.15) is 5.75 Å². The standard InChI is InChI=1S/C28H28N2O2/c1-3-17-30(28(31)19-22-13-7-10-16-27(22)32-2)20-23-18-26(21-11-5-4-6-12-21)29-25-15-9-8-14-24(23)25/h4-16,18H,3,17,19-20H2,1-2H3. The van der Waals surface area contributed by atoms with Crippen LogP contribution in [-0.2, 0) is 17.8 Å². The molecule has 4 heteroatoms. The predicted octanol–water partition coefficient (Wildman–Crippen LogP) is 5.89. The van der Waals surface area contributed by atoms with Gasteiger partial charge in [0.05, 0.1) is 24.7 Å². The summed E-state index contributed by atoms with van der Waals surface area (Å²) in [6, 6.07) is 28.2. The van der Waals surface area contributed by atoms with E-state index in [1.54, 1.807) is 7.11 Å². The fraction of sp³-hybridized carbons (Fsp3) is 0.214. The smallest absolute Gasteiger partial charge is 0.227 e. The van der Waals surface area contributed by atoms with Crippen LogP contribution in [0.1, 0.15) is 24.5 Å². The topological polar surface area (TPSA) is 42.4 Å². The molecule has 0 saturated heterocycles. The maximum absolute atomic E-state index is 13.3.